The van der Waals surface area contributed by atoms with Crippen LogP contribution in [0.1, 0.15) is 28.2 Å². The molecule has 9 aromatic carbocycles. The molecule has 0 fully saturated rings. The second kappa shape index (κ2) is 13.2. The summed E-state index contributed by atoms with van der Waals surface area (Å²) in [5.41, 5.74) is 11.9. The van der Waals surface area contributed by atoms with Crippen molar-refractivity contribution in [2.45, 2.75) is 16.1 Å². The molecule has 0 saturated carbocycles. The van der Waals surface area contributed by atoms with E-state index in [1.165, 1.54) is 54.3 Å². The molecule has 0 radical (unpaired) electrons. The average molecular weight is 741 g/mol. The van der Waals surface area contributed by atoms with Crippen LogP contribution in [-0.2, 0) is 0 Å². The summed E-state index contributed by atoms with van der Waals surface area (Å²) in [6, 6.07) is 62.6. The number of fused-ring (bicyclic) bond motifs is 7. The van der Waals surface area contributed by atoms with Gasteiger partial charge in [0.2, 0.25) is 0 Å². The first-order chi connectivity index (χ1) is 28.2. The van der Waals surface area contributed by atoms with Crippen molar-refractivity contribution in [3.63, 3.8) is 0 Å². The lowest BCUT2D eigenvalue weighted by Gasteiger charge is -2.27. The Balaban J connectivity index is 1.13. The van der Waals surface area contributed by atoms with E-state index in [2.05, 4.69) is 158 Å². The van der Waals surface area contributed by atoms with Gasteiger partial charge in [-0.15, -0.1) is 11.8 Å². The first-order valence-corrected chi connectivity index (χ1v) is 20.2. The van der Waals surface area contributed by atoms with Gasteiger partial charge in [0.1, 0.15) is 0 Å². The van der Waals surface area contributed by atoms with E-state index in [9.17, 15) is 10.5 Å². The minimum Gasteiger partial charge on any atom is -0.192 e. The quantitative estimate of drug-likeness (QED) is 0.169. The highest BCUT2D eigenvalue weighted by atomic mass is 32.2. The molecule has 3 heteroatoms. The van der Waals surface area contributed by atoms with Crippen molar-refractivity contribution in [1.82, 2.24) is 0 Å². The lowest BCUT2D eigenvalue weighted by Crippen LogP contribution is -2.14. The monoisotopic (exact) mass is 740 g/mol. The Hall–Kier alpha value is -7.17. The summed E-state index contributed by atoms with van der Waals surface area (Å²) in [4.78, 5) is 1.31. The fraction of sp³-hybridized carbons (Fsp3) is 0.0370. The van der Waals surface area contributed by atoms with Crippen LogP contribution in [0.25, 0.3) is 82.0 Å². The molecule has 1 heterocycles. The highest BCUT2D eigenvalue weighted by Gasteiger charge is 2.39. The minimum atomic E-state index is 0.147. The largest absolute Gasteiger partial charge is 0.192 e. The Morgan fingerprint density at radius 1 is 0.404 bits per heavy atom. The van der Waals surface area contributed by atoms with E-state index < -0.39 is 0 Å². The summed E-state index contributed by atoms with van der Waals surface area (Å²) >= 11 is 1.97. The molecule has 1 aliphatic heterocycles. The van der Waals surface area contributed by atoms with Crippen LogP contribution in [0, 0.1) is 22.7 Å². The van der Waals surface area contributed by atoms with Gasteiger partial charge >= 0.3 is 0 Å². The molecule has 2 nitrogen and oxygen atoms in total. The fourth-order valence-electron chi connectivity index (χ4n) is 9.66. The molecule has 2 unspecified atom stereocenters. The lowest BCUT2D eigenvalue weighted by molar-refractivity contribution is 0.897. The van der Waals surface area contributed by atoms with Crippen molar-refractivity contribution < 1.29 is 0 Å². The average Bonchev–Trinajstić information content (AvgIpc) is 3.67. The van der Waals surface area contributed by atoms with Crippen LogP contribution in [0.2, 0.25) is 0 Å². The van der Waals surface area contributed by atoms with Gasteiger partial charge in [0.15, 0.2) is 0 Å². The number of hydrogen-bond acceptors (Lipinski definition) is 3. The van der Waals surface area contributed by atoms with Gasteiger partial charge in [0.25, 0.3) is 0 Å². The maximum absolute atomic E-state index is 10.2. The molecule has 9 aromatic rings. The third-order valence-corrected chi connectivity index (χ3v) is 13.3. The zero-order valence-corrected chi connectivity index (χ0v) is 31.6. The zero-order valence-electron chi connectivity index (χ0n) is 30.8. The summed E-state index contributed by atoms with van der Waals surface area (Å²) < 4.78 is 0. The van der Waals surface area contributed by atoms with Crippen molar-refractivity contribution in [2.24, 2.45) is 0 Å². The van der Waals surface area contributed by atoms with Gasteiger partial charge in [0, 0.05) is 27.2 Å². The Morgan fingerprint density at radius 3 is 1.25 bits per heavy atom. The van der Waals surface area contributed by atoms with E-state index in [0.717, 1.165) is 43.8 Å². The third kappa shape index (κ3) is 4.97. The summed E-state index contributed by atoms with van der Waals surface area (Å²) in [5.74, 6) is 0.147. The Bertz CT molecular complexity index is 3200. The van der Waals surface area contributed by atoms with E-state index in [4.69, 9.17) is 0 Å². The van der Waals surface area contributed by atoms with E-state index in [0.29, 0.717) is 11.1 Å². The number of benzene rings is 9. The van der Waals surface area contributed by atoms with Crippen LogP contribution in [0.4, 0.5) is 0 Å². The van der Waals surface area contributed by atoms with E-state index >= 15 is 0 Å². The maximum atomic E-state index is 10.2. The molecule has 11 rings (SSSR count). The number of allylic oxidation sites excluding steroid dienone is 3. The van der Waals surface area contributed by atoms with E-state index in [-0.39, 0.29) is 11.2 Å². The number of nitrogens with zero attached hydrogens (tertiary/aromatic N) is 2. The Morgan fingerprint density at radius 2 is 0.789 bits per heavy atom. The number of rotatable bonds is 4. The first kappa shape index (κ1) is 33.2. The van der Waals surface area contributed by atoms with Crippen LogP contribution in [0.15, 0.2) is 187 Å². The molecule has 0 aromatic heterocycles. The molecule has 0 N–H and O–H groups in total. The molecule has 0 saturated heterocycles. The van der Waals surface area contributed by atoms with Crippen molar-refractivity contribution in [3.8, 4) is 45.5 Å². The molecular weight excluding hydrogens is 709 g/mol. The molecule has 0 bridgehead atoms. The predicted octanol–water partition coefficient (Wildman–Crippen LogP) is 14.3. The van der Waals surface area contributed by atoms with Crippen LogP contribution < -0.4 is 0 Å². The van der Waals surface area contributed by atoms with Gasteiger partial charge < -0.3 is 0 Å². The highest BCUT2D eigenvalue weighted by Crippen LogP contribution is 2.58. The maximum Gasteiger partial charge on any atom is 0.0998 e. The highest BCUT2D eigenvalue weighted by molar-refractivity contribution is 8.00. The van der Waals surface area contributed by atoms with Gasteiger partial charge in [-0.25, -0.2) is 0 Å². The molecule has 57 heavy (non-hydrogen) atoms. The van der Waals surface area contributed by atoms with Crippen molar-refractivity contribution in [2.75, 3.05) is 0 Å². The molecule has 2 aliphatic rings. The number of nitriles is 2. The first-order valence-electron chi connectivity index (χ1n) is 19.3. The van der Waals surface area contributed by atoms with Crippen LogP contribution >= 0.6 is 11.8 Å². The SMILES string of the molecule is N#Cc1ccccc1-c1c2ccccc2c(C2=CC=CC3c4c(cccc4-c4c5ccccc5c(-c5ccccc5C#N)c5ccccc45)SC23)c2ccccc12. The number of hydrogen-bond donors (Lipinski definition) is 0. The van der Waals surface area contributed by atoms with Crippen molar-refractivity contribution in [1.29, 1.82) is 10.5 Å². The standard InChI is InChI=1S/C54H32N2S/c55-31-33-15-1-3-17-35(33)49-37-19-5-9-23-41(37)51(42-24-10-6-20-38(42)49)45-27-14-30-48-53(45)47-29-13-28-46(54(47)57-48)52-43-25-11-7-21-39(43)50(40-22-8-12-26-44(40)52)36-18-4-2-16-34(36)32-56/h1-30,47,54H. The predicted molar refractivity (Wildman–Crippen MR) is 238 cm³/mol. The third-order valence-electron chi connectivity index (χ3n) is 11.9. The van der Waals surface area contributed by atoms with Gasteiger partial charge in [0.05, 0.1) is 23.3 Å². The summed E-state index contributed by atoms with van der Waals surface area (Å²) in [6.45, 7) is 0. The Labute approximate surface area is 335 Å². The fourth-order valence-corrected chi connectivity index (χ4v) is 11.2. The van der Waals surface area contributed by atoms with Gasteiger partial charge in [-0.05, 0) is 100 Å². The molecule has 0 amide bonds. The van der Waals surface area contributed by atoms with Crippen molar-refractivity contribution >= 4 is 60.4 Å². The van der Waals surface area contributed by atoms with Crippen LogP contribution in [0.3, 0.4) is 0 Å². The minimum absolute atomic E-state index is 0.147. The van der Waals surface area contributed by atoms with Gasteiger partial charge in [-0.2, -0.15) is 10.5 Å². The van der Waals surface area contributed by atoms with Crippen LogP contribution in [-0.4, -0.2) is 5.25 Å². The smallest absolute Gasteiger partial charge is 0.0998 e. The summed E-state index contributed by atoms with van der Waals surface area (Å²) in [7, 11) is 0. The van der Waals surface area contributed by atoms with E-state index in [1.807, 2.05) is 48.2 Å². The van der Waals surface area contributed by atoms with E-state index in [1.54, 1.807) is 0 Å². The topological polar surface area (TPSA) is 47.6 Å². The molecular formula is C54H32N2S. The number of thioether (sulfide) groups is 1. The molecule has 1 aliphatic carbocycles. The summed E-state index contributed by atoms with van der Waals surface area (Å²) in [6.07, 6.45) is 7.01. The molecule has 264 valence electrons. The Kier molecular flexibility index (Phi) is 7.71. The van der Waals surface area contributed by atoms with Crippen molar-refractivity contribution in [3.05, 3.63) is 204 Å². The second-order valence-electron chi connectivity index (χ2n) is 14.8. The normalized spacial score (nSPS) is 15.6. The zero-order chi connectivity index (χ0) is 38.0. The second-order valence-corrected chi connectivity index (χ2v) is 16.0. The summed E-state index contributed by atoms with van der Waals surface area (Å²) in [5, 5.41) is 29.9. The van der Waals surface area contributed by atoms with Gasteiger partial charge in [-0.3, -0.25) is 0 Å². The molecule has 0 spiro atoms. The lowest BCUT2D eigenvalue weighted by atomic mass is 9.77. The van der Waals surface area contributed by atoms with Crippen LogP contribution in [0.5, 0.6) is 0 Å². The molecule has 2 atom stereocenters. The van der Waals surface area contributed by atoms with Gasteiger partial charge in [-0.1, -0.05) is 164 Å².